The summed E-state index contributed by atoms with van der Waals surface area (Å²) in [5, 5.41) is 12.3. The third kappa shape index (κ3) is 2.35. The molecule has 0 aromatic heterocycles. The molecule has 0 heterocycles. The first-order chi connectivity index (χ1) is 9.47. The Hall–Kier alpha value is -1.70. The number of anilines is 1. The second kappa shape index (κ2) is 4.69. The number of nitrogens with zero attached hydrogens (tertiary/aromatic N) is 1. The van der Waals surface area contributed by atoms with Crippen LogP contribution in [0.25, 0.3) is 0 Å². The largest absolute Gasteiger partial charge is 0.416 e. The van der Waals surface area contributed by atoms with Crippen LogP contribution in [0.5, 0.6) is 0 Å². The van der Waals surface area contributed by atoms with E-state index < -0.39 is 11.7 Å². The summed E-state index contributed by atoms with van der Waals surface area (Å²) in [5.41, 5.74) is -0.173. The van der Waals surface area contributed by atoms with Gasteiger partial charge in [0.05, 0.1) is 16.8 Å². The van der Waals surface area contributed by atoms with E-state index in [0.717, 1.165) is 24.5 Å². The molecule has 3 rings (SSSR count). The van der Waals surface area contributed by atoms with Gasteiger partial charge in [-0.15, -0.1) is 0 Å². The molecule has 1 N–H and O–H groups in total. The molecule has 0 spiro atoms. The SMILES string of the molecule is N#Cc1cc(C(F)(F)F)ccc1NC1CC2CCC1C2. The number of hydrogen-bond donors (Lipinski definition) is 1. The molecule has 2 saturated carbocycles. The van der Waals surface area contributed by atoms with E-state index in [1.54, 1.807) is 0 Å². The van der Waals surface area contributed by atoms with Crippen molar-refractivity contribution in [3.63, 3.8) is 0 Å². The highest BCUT2D eigenvalue weighted by Gasteiger charge is 2.39. The van der Waals surface area contributed by atoms with E-state index in [4.69, 9.17) is 5.26 Å². The normalized spacial score (nSPS) is 28.4. The van der Waals surface area contributed by atoms with E-state index in [1.807, 2.05) is 6.07 Å². The van der Waals surface area contributed by atoms with Crippen LogP contribution in [-0.2, 0) is 6.18 Å². The molecule has 0 saturated heterocycles. The summed E-state index contributed by atoms with van der Waals surface area (Å²) < 4.78 is 37.9. The van der Waals surface area contributed by atoms with Crippen molar-refractivity contribution in [1.82, 2.24) is 0 Å². The highest BCUT2D eigenvalue weighted by molar-refractivity contribution is 5.59. The van der Waals surface area contributed by atoms with Crippen molar-refractivity contribution in [3.8, 4) is 6.07 Å². The quantitative estimate of drug-likeness (QED) is 0.882. The van der Waals surface area contributed by atoms with Crippen LogP contribution in [0.1, 0.15) is 36.8 Å². The predicted molar refractivity (Wildman–Crippen MR) is 69.0 cm³/mol. The van der Waals surface area contributed by atoms with Gasteiger partial charge in [-0.3, -0.25) is 0 Å². The molecule has 0 amide bonds. The highest BCUT2D eigenvalue weighted by Crippen LogP contribution is 2.45. The highest BCUT2D eigenvalue weighted by atomic mass is 19.4. The number of nitriles is 1. The summed E-state index contributed by atoms with van der Waals surface area (Å²) in [5.74, 6) is 1.35. The average Bonchev–Trinajstić information content (AvgIpc) is 3.00. The maximum Gasteiger partial charge on any atom is 0.416 e. The van der Waals surface area contributed by atoms with Crippen molar-refractivity contribution < 1.29 is 13.2 Å². The van der Waals surface area contributed by atoms with Crippen molar-refractivity contribution >= 4 is 5.69 Å². The number of alkyl halides is 3. The minimum absolute atomic E-state index is 0.0719. The molecular formula is C15H15F3N2. The zero-order chi connectivity index (χ0) is 14.3. The first kappa shape index (κ1) is 13.3. The zero-order valence-corrected chi connectivity index (χ0v) is 10.9. The summed E-state index contributed by atoms with van der Waals surface area (Å²) in [4.78, 5) is 0. The first-order valence-electron chi connectivity index (χ1n) is 6.85. The lowest BCUT2D eigenvalue weighted by Gasteiger charge is -2.24. The van der Waals surface area contributed by atoms with Crippen molar-refractivity contribution in [2.75, 3.05) is 5.32 Å². The maximum absolute atomic E-state index is 12.6. The summed E-state index contributed by atoms with van der Waals surface area (Å²) >= 11 is 0. The standard InChI is InChI=1S/C15H15F3N2/c16-15(17,18)12-3-4-13(11(7-12)8-19)20-14-6-9-1-2-10(14)5-9/h3-4,7,9-10,14,20H,1-2,5-6H2. The second-order valence-corrected chi connectivity index (χ2v) is 5.80. The van der Waals surface area contributed by atoms with Gasteiger partial charge < -0.3 is 5.32 Å². The van der Waals surface area contributed by atoms with Crippen LogP contribution in [0, 0.1) is 23.2 Å². The van der Waals surface area contributed by atoms with Gasteiger partial charge in [0.15, 0.2) is 0 Å². The lowest BCUT2D eigenvalue weighted by atomic mass is 9.94. The van der Waals surface area contributed by atoms with Crippen molar-refractivity contribution in [2.45, 2.75) is 37.9 Å². The Balaban J connectivity index is 1.82. The minimum Gasteiger partial charge on any atom is -0.381 e. The number of rotatable bonds is 2. The van der Waals surface area contributed by atoms with Crippen LogP contribution in [0.3, 0.4) is 0 Å². The fraction of sp³-hybridized carbons (Fsp3) is 0.533. The number of halogens is 3. The molecule has 5 heteroatoms. The minimum atomic E-state index is -4.41. The summed E-state index contributed by atoms with van der Waals surface area (Å²) in [6.07, 6.45) is 0.319. The van der Waals surface area contributed by atoms with E-state index in [1.165, 1.54) is 25.3 Å². The Morgan fingerprint density at radius 3 is 2.55 bits per heavy atom. The molecule has 2 aliphatic carbocycles. The van der Waals surface area contributed by atoms with Gasteiger partial charge in [0, 0.05) is 6.04 Å². The van der Waals surface area contributed by atoms with Gasteiger partial charge >= 0.3 is 6.18 Å². The molecule has 2 bridgehead atoms. The fourth-order valence-corrected chi connectivity index (χ4v) is 3.56. The average molecular weight is 280 g/mol. The number of nitrogens with one attached hydrogen (secondary N) is 1. The van der Waals surface area contributed by atoms with Gasteiger partial charge in [-0.05, 0) is 49.3 Å². The Morgan fingerprint density at radius 1 is 1.20 bits per heavy atom. The predicted octanol–water partition coefficient (Wildman–Crippen LogP) is 4.18. The molecule has 1 aromatic rings. The second-order valence-electron chi connectivity index (χ2n) is 5.80. The monoisotopic (exact) mass is 280 g/mol. The molecule has 2 aliphatic rings. The summed E-state index contributed by atoms with van der Waals surface area (Å²) in [6, 6.07) is 5.51. The topological polar surface area (TPSA) is 35.8 Å². The van der Waals surface area contributed by atoms with E-state index in [9.17, 15) is 13.2 Å². The smallest absolute Gasteiger partial charge is 0.381 e. The molecule has 0 aliphatic heterocycles. The summed E-state index contributed by atoms with van der Waals surface area (Å²) in [7, 11) is 0. The van der Waals surface area contributed by atoms with Gasteiger partial charge in [-0.25, -0.2) is 0 Å². The molecular weight excluding hydrogens is 265 g/mol. The van der Waals surface area contributed by atoms with Crippen LogP contribution in [0.4, 0.5) is 18.9 Å². The fourth-order valence-electron chi connectivity index (χ4n) is 3.56. The molecule has 3 atom stereocenters. The van der Waals surface area contributed by atoms with E-state index >= 15 is 0 Å². The number of benzene rings is 1. The molecule has 20 heavy (non-hydrogen) atoms. The first-order valence-corrected chi connectivity index (χ1v) is 6.85. The molecule has 3 unspecified atom stereocenters. The van der Waals surface area contributed by atoms with Crippen LogP contribution in [0.2, 0.25) is 0 Å². The zero-order valence-electron chi connectivity index (χ0n) is 10.9. The lowest BCUT2D eigenvalue weighted by Crippen LogP contribution is -2.26. The van der Waals surface area contributed by atoms with E-state index in [2.05, 4.69) is 5.32 Å². The van der Waals surface area contributed by atoms with Gasteiger partial charge in [0.25, 0.3) is 0 Å². The summed E-state index contributed by atoms with van der Waals surface area (Å²) in [6.45, 7) is 0. The third-order valence-corrected chi connectivity index (χ3v) is 4.55. The van der Waals surface area contributed by atoms with E-state index in [0.29, 0.717) is 17.6 Å². The van der Waals surface area contributed by atoms with Crippen molar-refractivity contribution in [3.05, 3.63) is 29.3 Å². The molecule has 106 valence electrons. The van der Waals surface area contributed by atoms with E-state index in [-0.39, 0.29) is 5.56 Å². The Kier molecular flexibility index (Phi) is 3.12. The maximum atomic E-state index is 12.6. The number of hydrogen-bond acceptors (Lipinski definition) is 2. The Bertz CT molecular complexity index is 559. The Morgan fingerprint density at radius 2 is 2.00 bits per heavy atom. The lowest BCUT2D eigenvalue weighted by molar-refractivity contribution is -0.137. The molecule has 2 fully saturated rings. The van der Waals surface area contributed by atoms with Crippen LogP contribution >= 0.6 is 0 Å². The van der Waals surface area contributed by atoms with Crippen molar-refractivity contribution in [2.24, 2.45) is 11.8 Å². The van der Waals surface area contributed by atoms with Gasteiger partial charge in [-0.2, -0.15) is 18.4 Å². The van der Waals surface area contributed by atoms with Crippen molar-refractivity contribution in [1.29, 1.82) is 5.26 Å². The molecule has 2 nitrogen and oxygen atoms in total. The van der Waals surface area contributed by atoms with Gasteiger partial charge in [0.1, 0.15) is 6.07 Å². The van der Waals surface area contributed by atoms with Crippen LogP contribution in [0.15, 0.2) is 18.2 Å². The van der Waals surface area contributed by atoms with Gasteiger partial charge in [0.2, 0.25) is 0 Å². The molecule has 0 radical (unpaired) electrons. The number of fused-ring (bicyclic) bond motifs is 2. The third-order valence-electron chi connectivity index (χ3n) is 4.55. The van der Waals surface area contributed by atoms with Gasteiger partial charge in [-0.1, -0.05) is 6.42 Å². The van der Waals surface area contributed by atoms with Crippen LogP contribution in [-0.4, -0.2) is 6.04 Å². The molecule has 1 aromatic carbocycles. The Labute approximate surface area is 115 Å². The van der Waals surface area contributed by atoms with Crippen LogP contribution < -0.4 is 5.32 Å².